The topological polar surface area (TPSA) is 133 Å². The molecule has 214 valence electrons. The van der Waals surface area contributed by atoms with Crippen molar-refractivity contribution in [2.45, 2.75) is 35.8 Å². The van der Waals surface area contributed by atoms with Gasteiger partial charge in [-0.3, -0.25) is 9.52 Å². The van der Waals surface area contributed by atoms with Crippen molar-refractivity contribution in [3.05, 3.63) is 84.4 Å². The molecule has 0 bridgehead atoms. The van der Waals surface area contributed by atoms with Crippen LogP contribution in [0, 0.1) is 5.92 Å². The van der Waals surface area contributed by atoms with Crippen LogP contribution in [0.5, 0.6) is 5.75 Å². The lowest BCUT2D eigenvalue weighted by atomic mass is 9.99. The number of benzene rings is 3. The van der Waals surface area contributed by atoms with Crippen LogP contribution in [-0.4, -0.2) is 75.9 Å². The van der Waals surface area contributed by atoms with Crippen LogP contribution in [-0.2, 0) is 20.0 Å². The lowest BCUT2D eigenvalue weighted by Gasteiger charge is -2.38. The number of carbonyl (C=O) groups excluding carboxylic acids is 1. The third-order valence-corrected chi connectivity index (χ3v) is 10.1. The average Bonchev–Trinajstić information content (AvgIpc) is 2.95. The number of ether oxygens (including phenoxy) is 1. The van der Waals surface area contributed by atoms with Crippen LogP contribution < -0.4 is 9.46 Å². The molecule has 3 aromatic carbocycles. The number of amides is 1. The van der Waals surface area contributed by atoms with Gasteiger partial charge in [-0.15, -0.1) is 0 Å². The third kappa shape index (κ3) is 6.30. The van der Waals surface area contributed by atoms with E-state index in [2.05, 4.69) is 4.72 Å². The molecule has 0 aliphatic carbocycles. The highest BCUT2D eigenvalue weighted by molar-refractivity contribution is 7.92. The number of hydrogen-bond donors (Lipinski definition) is 2. The predicted octanol–water partition coefficient (Wildman–Crippen LogP) is 3.03. The fourth-order valence-electron chi connectivity index (χ4n) is 4.44. The van der Waals surface area contributed by atoms with Crippen molar-refractivity contribution >= 4 is 31.6 Å². The highest BCUT2D eigenvalue weighted by atomic mass is 32.2. The second-order valence-electron chi connectivity index (χ2n) is 9.85. The Kier molecular flexibility index (Phi) is 8.83. The monoisotopic (exact) mass is 587 g/mol. The van der Waals surface area contributed by atoms with E-state index in [1.54, 1.807) is 43.3 Å². The van der Waals surface area contributed by atoms with Gasteiger partial charge in [0.15, 0.2) is 0 Å². The average molecular weight is 588 g/mol. The van der Waals surface area contributed by atoms with Gasteiger partial charge in [0, 0.05) is 25.2 Å². The van der Waals surface area contributed by atoms with Gasteiger partial charge in [0.25, 0.3) is 15.9 Å². The number of sulfonamides is 2. The molecule has 1 amide bonds. The number of carbonyl (C=O) groups is 1. The van der Waals surface area contributed by atoms with E-state index in [0.717, 1.165) is 0 Å². The summed E-state index contributed by atoms with van der Waals surface area (Å²) >= 11 is 0. The Morgan fingerprint density at radius 1 is 1.00 bits per heavy atom. The van der Waals surface area contributed by atoms with Crippen molar-refractivity contribution in [1.29, 1.82) is 0 Å². The number of nitrogens with zero attached hydrogens (tertiary/aromatic N) is 2. The summed E-state index contributed by atoms with van der Waals surface area (Å²) in [6, 6.07) is 19.7. The van der Waals surface area contributed by atoms with Crippen molar-refractivity contribution in [2.75, 3.05) is 31.5 Å². The number of fused-ring (bicyclic) bond motifs is 1. The summed E-state index contributed by atoms with van der Waals surface area (Å²) in [5.74, 6) is -0.562. The number of aliphatic hydroxyl groups excluding tert-OH is 1. The van der Waals surface area contributed by atoms with E-state index in [-0.39, 0.29) is 52.4 Å². The van der Waals surface area contributed by atoms with E-state index in [9.17, 15) is 26.7 Å². The molecule has 2 N–H and O–H groups in total. The van der Waals surface area contributed by atoms with Crippen molar-refractivity contribution in [3.8, 4) is 5.75 Å². The Bertz CT molecular complexity index is 1550. The first-order chi connectivity index (χ1) is 18.9. The van der Waals surface area contributed by atoms with Crippen LogP contribution in [0.2, 0.25) is 0 Å². The van der Waals surface area contributed by atoms with Gasteiger partial charge >= 0.3 is 0 Å². The Balaban J connectivity index is 1.68. The molecule has 12 heteroatoms. The molecule has 1 heterocycles. The minimum absolute atomic E-state index is 0.00421. The van der Waals surface area contributed by atoms with Gasteiger partial charge in [-0.1, -0.05) is 43.3 Å². The molecule has 0 fully saturated rings. The number of aliphatic hydroxyl groups is 1. The highest BCUT2D eigenvalue weighted by Gasteiger charge is 2.35. The first-order valence-electron chi connectivity index (χ1n) is 12.8. The first-order valence-corrected chi connectivity index (χ1v) is 15.7. The lowest BCUT2D eigenvalue weighted by Crippen LogP contribution is -2.50. The zero-order chi connectivity index (χ0) is 29.1. The Morgan fingerprint density at radius 3 is 2.20 bits per heavy atom. The zero-order valence-corrected chi connectivity index (χ0v) is 24.1. The maximum Gasteiger partial charge on any atom is 0.261 e. The van der Waals surface area contributed by atoms with Crippen LogP contribution in [0.1, 0.15) is 24.2 Å². The van der Waals surface area contributed by atoms with Crippen molar-refractivity contribution in [2.24, 2.45) is 5.92 Å². The van der Waals surface area contributed by atoms with Gasteiger partial charge in [-0.05, 0) is 49.4 Å². The summed E-state index contributed by atoms with van der Waals surface area (Å²) < 4.78 is 62.1. The first kappa shape index (κ1) is 29.5. The van der Waals surface area contributed by atoms with Crippen LogP contribution in [0.15, 0.2) is 88.7 Å². The van der Waals surface area contributed by atoms with Gasteiger partial charge < -0.3 is 14.7 Å². The molecule has 1 aliphatic rings. The Labute approximate surface area is 235 Å². The number of rotatable bonds is 9. The van der Waals surface area contributed by atoms with Gasteiger partial charge in [-0.25, -0.2) is 16.8 Å². The normalized spacial score (nSPS) is 18.8. The van der Waals surface area contributed by atoms with Crippen LogP contribution in [0.25, 0.3) is 0 Å². The Morgan fingerprint density at radius 2 is 1.60 bits per heavy atom. The molecule has 0 saturated heterocycles. The zero-order valence-electron chi connectivity index (χ0n) is 22.5. The molecule has 3 atom stereocenters. The van der Waals surface area contributed by atoms with Gasteiger partial charge in [0.1, 0.15) is 11.9 Å². The summed E-state index contributed by atoms with van der Waals surface area (Å²) in [7, 11) is -6.25. The SMILES string of the molecule is C[C@@H]1CN([C@H](C)CO)C(=O)c2cc(NS(=O)(=O)c3ccccc3)ccc2O[C@H]1CN(C)S(=O)(=O)c1ccccc1. The molecule has 3 aromatic rings. The smallest absolute Gasteiger partial charge is 0.261 e. The minimum Gasteiger partial charge on any atom is -0.488 e. The van der Waals surface area contributed by atoms with E-state index in [1.165, 1.54) is 58.7 Å². The van der Waals surface area contributed by atoms with Crippen molar-refractivity contribution < 1.29 is 31.5 Å². The Hall–Kier alpha value is -3.45. The van der Waals surface area contributed by atoms with Gasteiger partial charge in [-0.2, -0.15) is 4.31 Å². The summed E-state index contributed by atoms with van der Waals surface area (Å²) in [4.78, 5) is 15.4. The maximum absolute atomic E-state index is 13.6. The molecular formula is C28H33N3O7S2. The predicted molar refractivity (Wildman–Crippen MR) is 151 cm³/mol. The van der Waals surface area contributed by atoms with E-state index in [4.69, 9.17) is 4.74 Å². The van der Waals surface area contributed by atoms with Crippen LogP contribution in [0.4, 0.5) is 5.69 Å². The van der Waals surface area contributed by atoms with E-state index < -0.39 is 38.1 Å². The molecule has 1 aliphatic heterocycles. The maximum atomic E-state index is 13.6. The quantitative estimate of drug-likeness (QED) is 0.393. The standard InChI is InChI=1S/C28H33N3O7S2/c1-20-17-31(21(2)19-32)28(33)25-16-22(29-39(34,35)23-10-6-4-7-11-23)14-15-26(25)38-27(20)18-30(3)40(36,37)24-12-8-5-9-13-24/h4-16,20-21,27,29,32H,17-19H2,1-3H3/t20-,21-,27+/m1/s1. The van der Waals surface area contributed by atoms with Crippen molar-refractivity contribution in [3.63, 3.8) is 0 Å². The molecule has 0 unspecified atom stereocenters. The van der Waals surface area contributed by atoms with E-state index >= 15 is 0 Å². The van der Waals surface area contributed by atoms with E-state index in [1.807, 2.05) is 6.92 Å². The molecule has 40 heavy (non-hydrogen) atoms. The lowest BCUT2D eigenvalue weighted by molar-refractivity contribution is 0.0387. The molecule has 0 radical (unpaired) electrons. The van der Waals surface area contributed by atoms with Gasteiger partial charge in [0.05, 0.1) is 34.5 Å². The molecular weight excluding hydrogens is 554 g/mol. The van der Waals surface area contributed by atoms with Crippen LogP contribution in [0.3, 0.4) is 0 Å². The summed E-state index contributed by atoms with van der Waals surface area (Å²) in [6.07, 6.45) is -0.657. The van der Waals surface area contributed by atoms with E-state index in [0.29, 0.717) is 0 Å². The number of anilines is 1. The second-order valence-corrected chi connectivity index (χ2v) is 13.6. The van der Waals surface area contributed by atoms with Crippen LogP contribution >= 0.6 is 0 Å². The molecule has 0 spiro atoms. The summed E-state index contributed by atoms with van der Waals surface area (Å²) in [5.41, 5.74) is 0.254. The number of likely N-dealkylation sites (N-methyl/N-ethyl adjacent to an activating group) is 1. The second kappa shape index (κ2) is 12.0. The van der Waals surface area contributed by atoms with Crippen molar-refractivity contribution in [1.82, 2.24) is 9.21 Å². The number of hydrogen-bond acceptors (Lipinski definition) is 7. The number of nitrogens with one attached hydrogen (secondary N) is 1. The third-order valence-electron chi connectivity index (χ3n) is 6.86. The molecule has 10 nitrogen and oxygen atoms in total. The summed E-state index contributed by atoms with van der Waals surface area (Å²) in [5, 5.41) is 9.87. The molecule has 0 aromatic heterocycles. The summed E-state index contributed by atoms with van der Waals surface area (Å²) in [6.45, 7) is 3.45. The highest BCUT2D eigenvalue weighted by Crippen LogP contribution is 2.32. The molecule has 4 rings (SSSR count). The largest absolute Gasteiger partial charge is 0.488 e. The van der Waals surface area contributed by atoms with Gasteiger partial charge in [0.2, 0.25) is 10.0 Å². The molecule has 0 saturated carbocycles. The fourth-order valence-corrected chi connectivity index (χ4v) is 6.72. The fraction of sp³-hybridized carbons (Fsp3) is 0.321. The minimum atomic E-state index is -3.92.